The van der Waals surface area contributed by atoms with E-state index in [1.54, 1.807) is 13.8 Å². The van der Waals surface area contributed by atoms with E-state index in [0.717, 1.165) is 29.0 Å². The summed E-state index contributed by atoms with van der Waals surface area (Å²) in [7, 11) is 0. The molecule has 1 amide bonds. The topological polar surface area (TPSA) is 59.5 Å². The zero-order valence-corrected chi connectivity index (χ0v) is 17.3. The molecule has 0 atom stereocenters. The van der Waals surface area contributed by atoms with Crippen molar-refractivity contribution in [2.24, 2.45) is 0 Å². The fourth-order valence-corrected chi connectivity index (χ4v) is 3.79. The number of amides is 1. The number of hydrogen-bond acceptors (Lipinski definition) is 5. The van der Waals surface area contributed by atoms with Gasteiger partial charge in [-0.3, -0.25) is 9.69 Å². The zero-order chi connectivity index (χ0) is 21.7. The van der Waals surface area contributed by atoms with Crippen LogP contribution in [0.4, 0.5) is 13.9 Å². The Bertz CT molecular complexity index is 1050. The van der Waals surface area contributed by atoms with Gasteiger partial charge in [0.05, 0.1) is 12.2 Å². The lowest BCUT2D eigenvalue weighted by atomic mass is 10.1. The van der Waals surface area contributed by atoms with Crippen LogP contribution in [0.15, 0.2) is 48.5 Å². The van der Waals surface area contributed by atoms with Crippen LogP contribution in [-0.4, -0.2) is 30.0 Å². The summed E-state index contributed by atoms with van der Waals surface area (Å²) in [5, 5.41) is 0.250. The first-order chi connectivity index (χ1) is 14.4. The van der Waals surface area contributed by atoms with Crippen LogP contribution >= 0.6 is 11.3 Å². The van der Waals surface area contributed by atoms with Gasteiger partial charge >= 0.3 is 5.97 Å². The summed E-state index contributed by atoms with van der Waals surface area (Å²) < 4.78 is 32.6. The molecule has 3 aromatic rings. The number of benzene rings is 2. The number of ether oxygens (including phenoxy) is 1. The number of aryl methyl sites for hydroxylation is 1. The number of esters is 1. The summed E-state index contributed by atoms with van der Waals surface area (Å²) in [6.07, 6.45) is 0.489. The van der Waals surface area contributed by atoms with Gasteiger partial charge in [-0.25, -0.2) is 18.6 Å². The van der Waals surface area contributed by atoms with Gasteiger partial charge in [-0.1, -0.05) is 30.3 Å². The maximum absolute atomic E-state index is 14.3. The van der Waals surface area contributed by atoms with E-state index >= 15 is 0 Å². The first kappa shape index (κ1) is 21.6. The molecule has 0 saturated heterocycles. The fraction of sp³-hybridized carbons (Fsp3) is 0.227. The van der Waals surface area contributed by atoms with E-state index in [2.05, 4.69) is 4.98 Å². The number of thiazole rings is 1. The van der Waals surface area contributed by atoms with E-state index in [0.29, 0.717) is 17.4 Å². The molecule has 0 unspecified atom stereocenters. The van der Waals surface area contributed by atoms with Crippen LogP contribution in [-0.2, 0) is 11.2 Å². The minimum atomic E-state index is -0.955. The monoisotopic (exact) mass is 430 g/mol. The van der Waals surface area contributed by atoms with E-state index in [9.17, 15) is 18.4 Å². The Balaban J connectivity index is 1.96. The molecule has 0 N–H and O–H groups in total. The summed E-state index contributed by atoms with van der Waals surface area (Å²) in [5.74, 6) is -2.97. The largest absolute Gasteiger partial charge is 0.461 e. The van der Waals surface area contributed by atoms with Crippen molar-refractivity contribution in [2.75, 3.05) is 18.1 Å². The van der Waals surface area contributed by atoms with Crippen LogP contribution in [0, 0.1) is 18.6 Å². The predicted octanol–water partition coefficient (Wildman–Crippen LogP) is 4.80. The number of rotatable bonds is 7. The molecule has 0 bridgehead atoms. The molecule has 0 saturated carbocycles. The Morgan fingerprint density at radius 1 is 1.13 bits per heavy atom. The number of aromatic nitrogens is 1. The van der Waals surface area contributed by atoms with Crippen LogP contribution in [0.25, 0.3) is 0 Å². The maximum Gasteiger partial charge on any atom is 0.358 e. The molecular weight excluding hydrogens is 410 g/mol. The van der Waals surface area contributed by atoms with Gasteiger partial charge < -0.3 is 4.74 Å². The molecule has 1 aromatic heterocycles. The second kappa shape index (κ2) is 9.58. The fourth-order valence-electron chi connectivity index (χ4n) is 2.86. The van der Waals surface area contributed by atoms with Crippen LogP contribution in [0.5, 0.6) is 0 Å². The highest BCUT2D eigenvalue weighted by molar-refractivity contribution is 7.16. The Morgan fingerprint density at radius 3 is 2.53 bits per heavy atom. The molecule has 1 heterocycles. The van der Waals surface area contributed by atoms with Crippen molar-refractivity contribution in [1.82, 2.24) is 4.98 Å². The van der Waals surface area contributed by atoms with Crippen molar-refractivity contribution in [1.29, 1.82) is 0 Å². The maximum atomic E-state index is 14.3. The van der Waals surface area contributed by atoms with E-state index in [4.69, 9.17) is 4.74 Å². The molecule has 0 aliphatic heterocycles. The molecule has 2 aromatic carbocycles. The molecule has 0 aliphatic rings. The van der Waals surface area contributed by atoms with Gasteiger partial charge in [0.25, 0.3) is 5.91 Å². The quantitative estimate of drug-likeness (QED) is 0.506. The third-order valence-electron chi connectivity index (χ3n) is 4.36. The number of hydrogen-bond donors (Lipinski definition) is 0. The molecule has 0 radical (unpaired) electrons. The Labute approximate surface area is 176 Å². The van der Waals surface area contributed by atoms with Crippen LogP contribution in [0.1, 0.15) is 38.2 Å². The lowest BCUT2D eigenvalue weighted by molar-refractivity contribution is 0.0519. The van der Waals surface area contributed by atoms with Crippen molar-refractivity contribution in [3.8, 4) is 0 Å². The standard InChI is InChI=1S/C22H20F2N2O3S/c1-3-29-21(28)19-14(2)30-22(25-19)26(12-11-15-7-5-4-6-8-15)20(27)17-10-9-16(23)13-18(17)24/h4-10,13H,3,11-12H2,1-2H3. The van der Waals surface area contributed by atoms with Crippen LogP contribution in [0.3, 0.4) is 0 Å². The van der Waals surface area contributed by atoms with Crippen molar-refractivity contribution in [3.63, 3.8) is 0 Å². The first-order valence-corrected chi connectivity index (χ1v) is 10.2. The van der Waals surface area contributed by atoms with Crippen LogP contribution < -0.4 is 4.90 Å². The van der Waals surface area contributed by atoms with Gasteiger partial charge in [-0.05, 0) is 38.0 Å². The molecular formula is C22H20F2N2O3S. The summed E-state index contributed by atoms with van der Waals surface area (Å²) in [4.78, 5) is 31.4. The number of halogens is 2. The van der Waals surface area contributed by atoms with E-state index in [1.807, 2.05) is 30.3 Å². The third kappa shape index (κ3) is 4.88. The summed E-state index contributed by atoms with van der Waals surface area (Å²) >= 11 is 1.14. The summed E-state index contributed by atoms with van der Waals surface area (Å²) in [5.41, 5.74) is 0.831. The molecule has 0 fully saturated rings. The number of carbonyl (C=O) groups excluding carboxylic acids is 2. The average Bonchev–Trinajstić information content (AvgIpc) is 3.10. The van der Waals surface area contributed by atoms with Gasteiger partial charge in [0.1, 0.15) is 11.6 Å². The smallest absolute Gasteiger partial charge is 0.358 e. The lowest BCUT2D eigenvalue weighted by Crippen LogP contribution is -2.33. The second-order valence-corrected chi connectivity index (χ2v) is 7.62. The van der Waals surface area contributed by atoms with Gasteiger partial charge in [-0.15, -0.1) is 11.3 Å². The molecule has 0 aliphatic carbocycles. The van der Waals surface area contributed by atoms with Crippen molar-refractivity contribution in [3.05, 3.63) is 81.9 Å². The predicted molar refractivity (Wildman–Crippen MR) is 111 cm³/mol. The summed E-state index contributed by atoms with van der Waals surface area (Å²) in [6.45, 7) is 3.79. The Kier molecular flexibility index (Phi) is 6.89. The lowest BCUT2D eigenvalue weighted by Gasteiger charge is -2.20. The van der Waals surface area contributed by atoms with E-state index in [1.165, 1.54) is 4.90 Å². The van der Waals surface area contributed by atoms with Crippen molar-refractivity contribution in [2.45, 2.75) is 20.3 Å². The zero-order valence-electron chi connectivity index (χ0n) is 16.5. The molecule has 0 spiro atoms. The highest BCUT2D eigenvalue weighted by atomic mass is 32.1. The van der Waals surface area contributed by atoms with Gasteiger partial charge in [-0.2, -0.15) is 0 Å². The minimum absolute atomic E-state index is 0.119. The second-order valence-electron chi connectivity index (χ2n) is 6.44. The number of carbonyl (C=O) groups is 2. The number of nitrogens with zero attached hydrogens (tertiary/aromatic N) is 2. The van der Waals surface area contributed by atoms with Gasteiger partial charge in [0.15, 0.2) is 10.8 Å². The van der Waals surface area contributed by atoms with E-state index < -0.39 is 23.5 Å². The highest BCUT2D eigenvalue weighted by Crippen LogP contribution is 2.28. The van der Waals surface area contributed by atoms with Gasteiger partial charge in [0.2, 0.25) is 0 Å². The minimum Gasteiger partial charge on any atom is -0.461 e. The SMILES string of the molecule is CCOC(=O)c1nc(N(CCc2ccccc2)C(=O)c2ccc(F)cc2F)sc1C. The Hall–Kier alpha value is -3.13. The molecule has 8 heteroatoms. The highest BCUT2D eigenvalue weighted by Gasteiger charge is 2.26. The van der Waals surface area contributed by atoms with Crippen molar-refractivity contribution >= 4 is 28.3 Å². The first-order valence-electron chi connectivity index (χ1n) is 9.36. The van der Waals surface area contributed by atoms with Gasteiger partial charge in [0, 0.05) is 17.5 Å². The normalized spacial score (nSPS) is 10.7. The Morgan fingerprint density at radius 2 is 1.87 bits per heavy atom. The van der Waals surface area contributed by atoms with Crippen molar-refractivity contribution < 1.29 is 23.1 Å². The molecule has 156 valence electrons. The van der Waals surface area contributed by atoms with E-state index in [-0.39, 0.29) is 29.5 Å². The molecule has 5 nitrogen and oxygen atoms in total. The molecule has 30 heavy (non-hydrogen) atoms. The van der Waals surface area contributed by atoms with Crippen LogP contribution in [0.2, 0.25) is 0 Å². The molecule has 3 rings (SSSR count). The number of anilines is 1. The third-order valence-corrected chi connectivity index (χ3v) is 5.35. The summed E-state index contributed by atoms with van der Waals surface area (Å²) in [6, 6.07) is 12.3. The average molecular weight is 430 g/mol.